The first-order chi connectivity index (χ1) is 9.67. The van der Waals surface area contributed by atoms with Crippen LogP contribution >= 0.6 is 0 Å². The molecule has 2 atom stereocenters. The average molecular weight is 271 g/mol. The molecule has 0 aliphatic carbocycles. The van der Waals surface area contributed by atoms with Crippen molar-refractivity contribution in [3.8, 4) is 6.07 Å². The fraction of sp³-hybridized carbons (Fsp3) is 0.500. The first-order valence-corrected chi connectivity index (χ1v) is 7.14. The molecule has 1 heterocycles. The molecule has 0 saturated carbocycles. The maximum atomic E-state index is 12.6. The number of piperazine rings is 1. The highest BCUT2D eigenvalue weighted by molar-refractivity contribution is 5.86. The van der Waals surface area contributed by atoms with Gasteiger partial charge in [-0.2, -0.15) is 5.26 Å². The highest BCUT2D eigenvalue weighted by Gasteiger charge is 2.30. The zero-order valence-corrected chi connectivity index (χ0v) is 12.1. The molecular weight excluding hydrogens is 250 g/mol. The van der Waals surface area contributed by atoms with Crippen LogP contribution in [0, 0.1) is 11.3 Å². The Morgan fingerprint density at radius 2 is 2.10 bits per heavy atom. The van der Waals surface area contributed by atoms with E-state index in [1.54, 1.807) is 0 Å². The van der Waals surface area contributed by atoms with Crippen molar-refractivity contribution in [2.45, 2.75) is 25.8 Å². The second-order valence-corrected chi connectivity index (χ2v) is 5.23. The lowest BCUT2D eigenvalue weighted by Gasteiger charge is -2.39. The number of hydrogen-bond donors (Lipinski definition) is 0. The second-order valence-electron chi connectivity index (χ2n) is 5.23. The molecule has 0 N–H and O–H groups in total. The molecule has 0 radical (unpaired) electrons. The number of carbonyl (C=O) groups is 1. The van der Waals surface area contributed by atoms with E-state index in [4.69, 9.17) is 0 Å². The standard InChI is InChI=1S/C16H21N3O/c1-3-18-9-10-19(12-13(18)2)16(20)15(11-17)14-7-5-4-6-8-14/h4-8,13,15H,3,9-10,12H2,1-2H3. The van der Waals surface area contributed by atoms with Gasteiger partial charge >= 0.3 is 0 Å². The zero-order chi connectivity index (χ0) is 14.5. The van der Waals surface area contributed by atoms with Gasteiger partial charge in [-0.3, -0.25) is 9.69 Å². The first kappa shape index (κ1) is 14.5. The number of nitriles is 1. The van der Waals surface area contributed by atoms with Gasteiger partial charge in [0.05, 0.1) is 6.07 Å². The third-order valence-electron chi connectivity index (χ3n) is 3.99. The Bertz CT molecular complexity index is 494. The molecule has 1 aromatic carbocycles. The molecule has 0 aromatic heterocycles. The minimum atomic E-state index is -0.684. The maximum absolute atomic E-state index is 12.6. The van der Waals surface area contributed by atoms with Crippen molar-refractivity contribution in [1.82, 2.24) is 9.80 Å². The van der Waals surface area contributed by atoms with Gasteiger partial charge < -0.3 is 4.90 Å². The predicted molar refractivity (Wildman–Crippen MR) is 78.1 cm³/mol. The van der Waals surface area contributed by atoms with E-state index in [1.807, 2.05) is 35.2 Å². The molecule has 2 unspecified atom stereocenters. The molecular formula is C16H21N3O. The molecule has 1 saturated heterocycles. The summed E-state index contributed by atoms with van der Waals surface area (Å²) in [4.78, 5) is 16.7. The fourth-order valence-corrected chi connectivity index (χ4v) is 2.77. The zero-order valence-electron chi connectivity index (χ0n) is 12.1. The van der Waals surface area contributed by atoms with Crippen molar-refractivity contribution < 1.29 is 4.79 Å². The van der Waals surface area contributed by atoms with Crippen LogP contribution in [0.15, 0.2) is 30.3 Å². The van der Waals surface area contributed by atoms with E-state index in [-0.39, 0.29) is 5.91 Å². The minimum Gasteiger partial charge on any atom is -0.338 e. The molecule has 0 spiro atoms. The first-order valence-electron chi connectivity index (χ1n) is 7.14. The van der Waals surface area contributed by atoms with Crippen molar-refractivity contribution in [1.29, 1.82) is 5.26 Å². The molecule has 4 heteroatoms. The Kier molecular flexibility index (Phi) is 4.75. The number of hydrogen-bond acceptors (Lipinski definition) is 3. The van der Waals surface area contributed by atoms with Crippen LogP contribution in [0.25, 0.3) is 0 Å². The summed E-state index contributed by atoms with van der Waals surface area (Å²) in [5.74, 6) is -0.752. The largest absolute Gasteiger partial charge is 0.338 e. The monoisotopic (exact) mass is 271 g/mol. The maximum Gasteiger partial charge on any atom is 0.244 e. The van der Waals surface area contributed by atoms with Gasteiger partial charge in [0.1, 0.15) is 5.92 Å². The van der Waals surface area contributed by atoms with Crippen molar-refractivity contribution in [2.75, 3.05) is 26.2 Å². The van der Waals surface area contributed by atoms with Crippen molar-refractivity contribution in [3.05, 3.63) is 35.9 Å². The van der Waals surface area contributed by atoms with Gasteiger partial charge in [-0.25, -0.2) is 0 Å². The Morgan fingerprint density at radius 3 is 2.65 bits per heavy atom. The van der Waals surface area contributed by atoms with Gasteiger partial charge in [0.15, 0.2) is 0 Å². The number of benzene rings is 1. The highest BCUT2D eigenvalue weighted by Crippen LogP contribution is 2.20. The quantitative estimate of drug-likeness (QED) is 0.843. The number of likely N-dealkylation sites (N-methyl/N-ethyl adjacent to an activating group) is 1. The Balaban J connectivity index is 2.09. The topological polar surface area (TPSA) is 47.3 Å². The summed E-state index contributed by atoms with van der Waals surface area (Å²) in [6, 6.07) is 11.8. The molecule has 2 rings (SSSR count). The third kappa shape index (κ3) is 3.00. The van der Waals surface area contributed by atoms with Crippen LogP contribution in [-0.2, 0) is 4.79 Å². The molecule has 1 aromatic rings. The minimum absolute atomic E-state index is 0.0682. The summed E-state index contributed by atoms with van der Waals surface area (Å²) in [7, 11) is 0. The SMILES string of the molecule is CCN1CCN(C(=O)C(C#N)c2ccccc2)CC1C. The summed E-state index contributed by atoms with van der Waals surface area (Å²) < 4.78 is 0. The van der Waals surface area contributed by atoms with Crippen LogP contribution in [0.1, 0.15) is 25.3 Å². The summed E-state index contributed by atoms with van der Waals surface area (Å²) in [6.45, 7) is 7.57. The second kappa shape index (κ2) is 6.53. The highest BCUT2D eigenvalue weighted by atomic mass is 16.2. The van der Waals surface area contributed by atoms with E-state index >= 15 is 0 Å². The van der Waals surface area contributed by atoms with Gasteiger partial charge in [-0.05, 0) is 19.0 Å². The van der Waals surface area contributed by atoms with E-state index in [1.165, 1.54) is 0 Å². The van der Waals surface area contributed by atoms with Crippen LogP contribution in [0.2, 0.25) is 0 Å². The van der Waals surface area contributed by atoms with Gasteiger partial charge in [0, 0.05) is 25.7 Å². The molecule has 20 heavy (non-hydrogen) atoms. The van der Waals surface area contributed by atoms with E-state index in [0.717, 1.165) is 18.7 Å². The van der Waals surface area contributed by atoms with E-state index in [9.17, 15) is 10.1 Å². The van der Waals surface area contributed by atoms with Gasteiger partial charge in [0.25, 0.3) is 0 Å². The number of nitrogens with zero attached hydrogens (tertiary/aromatic N) is 3. The smallest absolute Gasteiger partial charge is 0.244 e. The van der Waals surface area contributed by atoms with Crippen LogP contribution in [0.4, 0.5) is 0 Å². The van der Waals surface area contributed by atoms with Crippen LogP contribution in [0.3, 0.4) is 0 Å². The van der Waals surface area contributed by atoms with Crippen molar-refractivity contribution in [3.63, 3.8) is 0 Å². The average Bonchev–Trinajstić information content (AvgIpc) is 2.49. The molecule has 1 fully saturated rings. The summed E-state index contributed by atoms with van der Waals surface area (Å²) in [5, 5.41) is 9.34. The van der Waals surface area contributed by atoms with E-state index < -0.39 is 5.92 Å². The van der Waals surface area contributed by atoms with Crippen LogP contribution in [-0.4, -0.2) is 47.9 Å². The van der Waals surface area contributed by atoms with E-state index in [2.05, 4.69) is 24.8 Å². The normalized spacial score (nSPS) is 21.2. The van der Waals surface area contributed by atoms with E-state index in [0.29, 0.717) is 19.1 Å². The molecule has 106 valence electrons. The number of carbonyl (C=O) groups excluding carboxylic acids is 1. The van der Waals surface area contributed by atoms with Gasteiger partial charge in [-0.1, -0.05) is 37.3 Å². The van der Waals surface area contributed by atoms with Crippen LogP contribution in [0.5, 0.6) is 0 Å². The predicted octanol–water partition coefficient (Wildman–Crippen LogP) is 1.85. The fourth-order valence-electron chi connectivity index (χ4n) is 2.77. The lowest BCUT2D eigenvalue weighted by atomic mass is 9.98. The van der Waals surface area contributed by atoms with Gasteiger partial charge in [0.2, 0.25) is 5.91 Å². The molecule has 0 bridgehead atoms. The number of amides is 1. The van der Waals surface area contributed by atoms with Gasteiger partial charge in [-0.15, -0.1) is 0 Å². The summed E-state index contributed by atoms with van der Waals surface area (Å²) >= 11 is 0. The molecule has 4 nitrogen and oxygen atoms in total. The van der Waals surface area contributed by atoms with Crippen molar-refractivity contribution >= 4 is 5.91 Å². The Hall–Kier alpha value is -1.86. The van der Waals surface area contributed by atoms with Crippen LogP contribution < -0.4 is 0 Å². The summed E-state index contributed by atoms with van der Waals surface area (Å²) in [5.41, 5.74) is 0.783. The molecule has 1 amide bonds. The lowest BCUT2D eigenvalue weighted by Crippen LogP contribution is -2.54. The summed E-state index contributed by atoms with van der Waals surface area (Å²) in [6.07, 6.45) is 0. The molecule has 1 aliphatic rings. The van der Waals surface area contributed by atoms with Crippen molar-refractivity contribution in [2.24, 2.45) is 0 Å². The Morgan fingerprint density at radius 1 is 1.40 bits per heavy atom. The lowest BCUT2D eigenvalue weighted by molar-refractivity contribution is -0.134. The molecule has 1 aliphatic heterocycles. The Labute approximate surface area is 120 Å². The third-order valence-corrected chi connectivity index (χ3v) is 3.99. The number of rotatable bonds is 3.